The Kier molecular flexibility index (Phi) is 8.09. The molecule has 0 saturated heterocycles. The van der Waals surface area contributed by atoms with Gasteiger partial charge in [0.1, 0.15) is 0 Å². The van der Waals surface area contributed by atoms with E-state index in [1.54, 1.807) is 0 Å². The van der Waals surface area contributed by atoms with Gasteiger partial charge in [-0.1, -0.05) is 0 Å². The van der Waals surface area contributed by atoms with Crippen LogP contribution in [-0.4, -0.2) is 11.3 Å². The lowest BCUT2D eigenvalue weighted by Crippen LogP contribution is -2.18. The molecule has 3 aromatic rings. The quantitative estimate of drug-likeness (QED) is 0.185. The number of hydrogen-bond donors (Lipinski definition) is 1. The lowest BCUT2D eigenvalue weighted by atomic mass is 10.3. The molecule has 0 unspecified atom stereocenters. The number of rotatable bonds is 2. The van der Waals surface area contributed by atoms with Crippen LogP contribution in [0, 0.1) is 69.8 Å². The molecule has 0 bridgehead atoms. The van der Waals surface area contributed by atoms with Crippen molar-refractivity contribution in [2.75, 3.05) is 0 Å². The fraction of sp³-hybridized carbons (Fsp3) is 0. The SMILES string of the molecule is O=C(Oc1c(F)c(F)cc(F)c1F)Oc1c(F)c(F)cc(F)c1F.Oc1c(F)c(F)cc(F)c1F. The number of ether oxygens (including phenoxy) is 2. The average Bonchev–Trinajstić information content (AvgIpc) is 2.80. The molecule has 4 nitrogen and oxygen atoms in total. The maximum atomic E-state index is 13.2. The van der Waals surface area contributed by atoms with Gasteiger partial charge in [0.2, 0.25) is 46.4 Å². The summed E-state index contributed by atoms with van der Waals surface area (Å²) >= 11 is 0. The van der Waals surface area contributed by atoms with Crippen molar-refractivity contribution in [1.82, 2.24) is 0 Å². The Labute approximate surface area is 184 Å². The van der Waals surface area contributed by atoms with E-state index in [4.69, 9.17) is 5.11 Å². The van der Waals surface area contributed by atoms with Crippen LogP contribution in [0.1, 0.15) is 0 Å². The van der Waals surface area contributed by atoms with Crippen molar-refractivity contribution in [3.05, 3.63) is 88.0 Å². The summed E-state index contributed by atoms with van der Waals surface area (Å²) in [5, 5.41) is 8.34. The van der Waals surface area contributed by atoms with Gasteiger partial charge in [-0.25, -0.2) is 31.1 Å². The van der Waals surface area contributed by atoms with Crippen LogP contribution in [0.15, 0.2) is 18.2 Å². The van der Waals surface area contributed by atoms with Crippen molar-refractivity contribution in [3.8, 4) is 17.2 Å². The van der Waals surface area contributed by atoms with Crippen molar-refractivity contribution in [2.45, 2.75) is 0 Å². The topological polar surface area (TPSA) is 55.8 Å². The minimum absolute atomic E-state index is 0.0182. The number of phenols is 1. The van der Waals surface area contributed by atoms with E-state index in [-0.39, 0.29) is 18.2 Å². The Morgan fingerprint density at radius 1 is 0.486 bits per heavy atom. The second-order valence-electron chi connectivity index (χ2n) is 5.87. The minimum atomic E-state index is -2.32. The normalized spacial score (nSPS) is 10.5. The fourth-order valence-electron chi connectivity index (χ4n) is 2.03. The van der Waals surface area contributed by atoms with Crippen LogP contribution >= 0.6 is 0 Å². The third kappa shape index (κ3) is 5.70. The molecule has 16 heteroatoms. The average molecular weight is 524 g/mol. The van der Waals surface area contributed by atoms with Gasteiger partial charge in [-0.3, -0.25) is 0 Å². The molecule has 0 spiro atoms. The largest absolute Gasteiger partial charge is 0.519 e. The molecule has 1 N–H and O–H groups in total. The Bertz CT molecular complexity index is 1170. The minimum Gasteiger partial charge on any atom is -0.503 e. The Morgan fingerprint density at radius 2 is 0.714 bits per heavy atom. The van der Waals surface area contributed by atoms with Gasteiger partial charge in [0.25, 0.3) is 0 Å². The third-order valence-electron chi connectivity index (χ3n) is 3.60. The van der Waals surface area contributed by atoms with E-state index in [1.807, 2.05) is 0 Å². The zero-order valence-corrected chi connectivity index (χ0v) is 15.9. The van der Waals surface area contributed by atoms with Crippen LogP contribution in [-0.2, 0) is 0 Å². The van der Waals surface area contributed by atoms with Gasteiger partial charge >= 0.3 is 6.16 Å². The number of benzene rings is 3. The summed E-state index contributed by atoms with van der Waals surface area (Å²) in [6.45, 7) is 0. The van der Waals surface area contributed by atoms with Crippen LogP contribution in [0.2, 0.25) is 0 Å². The highest BCUT2D eigenvalue weighted by Crippen LogP contribution is 2.29. The maximum Gasteiger partial charge on any atom is 0.519 e. The molecule has 0 aliphatic carbocycles. The number of carbonyl (C=O) groups is 1. The molecule has 0 amide bonds. The van der Waals surface area contributed by atoms with Gasteiger partial charge in [0.15, 0.2) is 40.7 Å². The van der Waals surface area contributed by atoms with Gasteiger partial charge < -0.3 is 14.6 Å². The van der Waals surface area contributed by atoms with E-state index in [1.165, 1.54) is 0 Å². The zero-order valence-electron chi connectivity index (χ0n) is 15.9. The molecule has 0 atom stereocenters. The van der Waals surface area contributed by atoms with E-state index < -0.39 is 93.2 Å². The highest BCUT2D eigenvalue weighted by atomic mass is 19.2. The van der Waals surface area contributed by atoms with E-state index in [0.29, 0.717) is 0 Å². The first kappa shape index (κ1) is 27.1. The van der Waals surface area contributed by atoms with E-state index >= 15 is 0 Å². The summed E-state index contributed by atoms with van der Waals surface area (Å²) in [7, 11) is 0. The molecule has 0 heterocycles. The molecule has 0 aromatic heterocycles. The Morgan fingerprint density at radius 3 is 0.971 bits per heavy atom. The van der Waals surface area contributed by atoms with E-state index in [9.17, 15) is 57.5 Å². The molecule has 0 aliphatic heterocycles. The molecule has 3 aromatic carbocycles. The molecule has 0 fully saturated rings. The number of aromatic hydroxyl groups is 1. The second kappa shape index (κ2) is 10.4. The van der Waals surface area contributed by atoms with Crippen molar-refractivity contribution in [1.29, 1.82) is 0 Å². The summed E-state index contributed by atoms with van der Waals surface area (Å²) in [6.07, 6.45) is -2.32. The molecule has 35 heavy (non-hydrogen) atoms. The van der Waals surface area contributed by atoms with Gasteiger partial charge in [-0.2, -0.15) is 26.3 Å². The molecule has 3 rings (SSSR count). The van der Waals surface area contributed by atoms with Gasteiger partial charge in [0.05, 0.1) is 0 Å². The number of hydrogen-bond acceptors (Lipinski definition) is 4. The molecular formula is C19H4F12O4. The molecule has 188 valence electrons. The Hall–Kier alpha value is -4.11. The van der Waals surface area contributed by atoms with Crippen LogP contribution in [0.3, 0.4) is 0 Å². The number of halogens is 12. The first-order valence-electron chi connectivity index (χ1n) is 8.24. The lowest BCUT2D eigenvalue weighted by Gasteiger charge is -2.09. The highest BCUT2D eigenvalue weighted by molar-refractivity contribution is 5.67. The first-order valence-corrected chi connectivity index (χ1v) is 8.24. The van der Waals surface area contributed by atoms with Gasteiger partial charge in [-0.15, -0.1) is 0 Å². The predicted octanol–water partition coefficient (Wildman–Crippen LogP) is 6.33. The second-order valence-corrected chi connectivity index (χ2v) is 5.87. The summed E-state index contributed by atoms with van der Waals surface area (Å²) in [4.78, 5) is 11.2. The Balaban J connectivity index is 0.000000328. The molecule has 0 radical (unpaired) electrons. The zero-order chi connectivity index (χ0) is 26.8. The third-order valence-corrected chi connectivity index (χ3v) is 3.60. The molecule has 0 saturated carbocycles. The van der Waals surface area contributed by atoms with Crippen LogP contribution in [0.4, 0.5) is 57.5 Å². The molecule has 0 aliphatic rings. The van der Waals surface area contributed by atoms with Crippen molar-refractivity contribution in [3.63, 3.8) is 0 Å². The van der Waals surface area contributed by atoms with Crippen LogP contribution in [0.25, 0.3) is 0 Å². The number of phenolic OH excluding ortho intramolecular Hbond substituents is 1. The molecular weight excluding hydrogens is 520 g/mol. The van der Waals surface area contributed by atoms with Crippen LogP contribution < -0.4 is 9.47 Å². The summed E-state index contributed by atoms with van der Waals surface area (Å²) < 4.78 is 161. The van der Waals surface area contributed by atoms with E-state index in [0.717, 1.165) is 0 Å². The smallest absolute Gasteiger partial charge is 0.503 e. The fourth-order valence-corrected chi connectivity index (χ4v) is 2.03. The monoisotopic (exact) mass is 524 g/mol. The first-order chi connectivity index (χ1) is 16.2. The van der Waals surface area contributed by atoms with Gasteiger partial charge in [-0.05, 0) is 0 Å². The maximum absolute atomic E-state index is 13.2. The van der Waals surface area contributed by atoms with Crippen LogP contribution in [0.5, 0.6) is 17.2 Å². The van der Waals surface area contributed by atoms with E-state index in [2.05, 4.69) is 9.47 Å². The summed E-state index contributed by atoms with van der Waals surface area (Å²) in [6, 6.07) is -0.390. The summed E-state index contributed by atoms with van der Waals surface area (Å²) in [5.74, 6) is -28.7. The van der Waals surface area contributed by atoms with Crippen molar-refractivity contribution < 1.29 is 72.1 Å². The van der Waals surface area contributed by atoms with Crippen molar-refractivity contribution >= 4 is 6.16 Å². The number of carbonyl (C=O) groups excluding carboxylic acids is 1. The highest BCUT2D eigenvalue weighted by Gasteiger charge is 2.27. The summed E-state index contributed by atoms with van der Waals surface area (Å²) in [5.41, 5.74) is 0. The standard InChI is InChI=1S/C13H2F8O3.C6H2F4O/c14-3-1-4(15)8(19)11(7(3)18)23-13(22)24-12-9(20)5(16)2-6(17)10(12)21;7-2-1-3(8)5(10)6(11)4(2)9/h1-2H;1,11H. The predicted molar refractivity (Wildman–Crippen MR) is 87.1 cm³/mol. The van der Waals surface area contributed by atoms with Gasteiger partial charge in [0, 0.05) is 18.2 Å². The van der Waals surface area contributed by atoms with Crippen molar-refractivity contribution in [2.24, 2.45) is 0 Å². The lowest BCUT2D eigenvalue weighted by molar-refractivity contribution is 0.141.